The number of aryl methyl sites for hydroxylation is 1. The van der Waals surface area contributed by atoms with Crippen LogP contribution in [-0.4, -0.2) is 21.6 Å². The van der Waals surface area contributed by atoms with Crippen molar-refractivity contribution < 1.29 is 17.9 Å². The minimum absolute atomic E-state index is 0.266. The number of benzene rings is 2. The van der Waals surface area contributed by atoms with Gasteiger partial charge >= 0.3 is 0 Å². The number of rotatable bonds is 5. The first-order valence-corrected chi connectivity index (χ1v) is 9.47. The largest absolute Gasteiger partial charge is 0.490 e. The average Bonchev–Trinajstić information content (AvgIpc) is 2.56. The smallest absolute Gasteiger partial charge is 0.241 e. The Hall–Kier alpha value is -2.05. The minimum Gasteiger partial charge on any atom is -0.490 e. The Labute approximate surface area is 142 Å². The normalized spacial score (nSPS) is 17.0. The average molecular weight is 347 g/mol. The third-order valence-electron chi connectivity index (χ3n) is 3.97. The van der Waals surface area contributed by atoms with Crippen molar-refractivity contribution in [2.24, 2.45) is 0 Å². The van der Waals surface area contributed by atoms with Gasteiger partial charge in [0.05, 0.1) is 24.2 Å². The lowest BCUT2D eigenvalue weighted by Gasteiger charge is -2.27. The molecular formula is C18H21NO4S. The van der Waals surface area contributed by atoms with E-state index in [0.717, 1.165) is 11.1 Å². The van der Waals surface area contributed by atoms with Gasteiger partial charge in [0.1, 0.15) is 0 Å². The van der Waals surface area contributed by atoms with Crippen LogP contribution in [0.4, 0.5) is 0 Å². The van der Waals surface area contributed by atoms with Crippen LogP contribution in [0.5, 0.6) is 11.5 Å². The van der Waals surface area contributed by atoms with Crippen LogP contribution in [0.15, 0.2) is 47.4 Å². The van der Waals surface area contributed by atoms with E-state index in [0.29, 0.717) is 31.1 Å². The van der Waals surface area contributed by atoms with Crippen molar-refractivity contribution in [1.29, 1.82) is 0 Å². The van der Waals surface area contributed by atoms with Gasteiger partial charge in [-0.3, -0.25) is 0 Å². The maximum atomic E-state index is 12.6. The molecule has 24 heavy (non-hydrogen) atoms. The molecule has 0 saturated carbocycles. The lowest BCUT2D eigenvalue weighted by Crippen LogP contribution is -2.32. The van der Waals surface area contributed by atoms with Gasteiger partial charge in [0.25, 0.3) is 0 Å². The topological polar surface area (TPSA) is 64.6 Å². The highest BCUT2D eigenvalue weighted by Gasteiger charge is 2.28. The number of fused-ring (bicyclic) bond motifs is 1. The second-order valence-electron chi connectivity index (χ2n) is 5.73. The lowest BCUT2D eigenvalue weighted by atomic mass is 10.0. The molecule has 1 aliphatic rings. The summed E-state index contributed by atoms with van der Waals surface area (Å²) >= 11 is 0. The van der Waals surface area contributed by atoms with E-state index in [4.69, 9.17) is 9.47 Å². The van der Waals surface area contributed by atoms with E-state index >= 15 is 0 Å². The van der Waals surface area contributed by atoms with Crippen molar-refractivity contribution in [3.63, 3.8) is 0 Å². The molecule has 0 aliphatic carbocycles. The third-order valence-corrected chi connectivity index (χ3v) is 5.45. The molecule has 1 N–H and O–H groups in total. The first-order chi connectivity index (χ1) is 11.5. The Kier molecular flexibility index (Phi) is 4.78. The molecule has 0 fully saturated rings. The van der Waals surface area contributed by atoms with Crippen molar-refractivity contribution in [2.45, 2.75) is 31.2 Å². The fraction of sp³-hybridized carbons (Fsp3) is 0.333. The van der Waals surface area contributed by atoms with Gasteiger partial charge in [-0.2, -0.15) is 0 Å². The van der Waals surface area contributed by atoms with Gasteiger partial charge in [0, 0.05) is 12.0 Å². The molecule has 6 heteroatoms. The number of sulfonamides is 1. The highest BCUT2D eigenvalue weighted by Crippen LogP contribution is 2.39. The first-order valence-electron chi connectivity index (χ1n) is 7.99. The van der Waals surface area contributed by atoms with Crippen molar-refractivity contribution >= 4 is 10.0 Å². The van der Waals surface area contributed by atoms with Crippen molar-refractivity contribution in [1.82, 2.24) is 4.72 Å². The van der Waals surface area contributed by atoms with Crippen LogP contribution in [0.25, 0.3) is 0 Å². The van der Waals surface area contributed by atoms with Gasteiger partial charge in [-0.1, -0.05) is 29.8 Å². The van der Waals surface area contributed by atoms with E-state index in [1.807, 2.05) is 32.0 Å². The van der Waals surface area contributed by atoms with Gasteiger partial charge in [-0.25, -0.2) is 13.1 Å². The minimum atomic E-state index is -3.59. The summed E-state index contributed by atoms with van der Waals surface area (Å²) in [5.74, 6) is 1.27. The number of nitrogens with one attached hydrogen (secondary N) is 1. The van der Waals surface area contributed by atoms with Crippen LogP contribution < -0.4 is 14.2 Å². The summed E-state index contributed by atoms with van der Waals surface area (Å²) in [6.07, 6.45) is 0.577. The maximum absolute atomic E-state index is 12.6. The summed E-state index contributed by atoms with van der Waals surface area (Å²) in [6.45, 7) is 4.80. The lowest BCUT2D eigenvalue weighted by molar-refractivity contribution is 0.239. The fourth-order valence-corrected chi connectivity index (χ4v) is 4.01. The zero-order valence-corrected chi connectivity index (χ0v) is 14.6. The molecule has 0 radical (unpaired) electrons. The second kappa shape index (κ2) is 6.83. The molecule has 0 aromatic heterocycles. The molecule has 128 valence electrons. The Balaban J connectivity index is 1.90. The van der Waals surface area contributed by atoms with E-state index in [2.05, 4.69) is 4.72 Å². The number of para-hydroxylation sites is 1. The Morgan fingerprint density at radius 2 is 1.96 bits per heavy atom. The number of hydrogen-bond donors (Lipinski definition) is 1. The molecule has 1 atom stereocenters. The Bertz CT molecular complexity index is 815. The van der Waals surface area contributed by atoms with E-state index in [1.165, 1.54) is 0 Å². The summed E-state index contributed by atoms with van der Waals surface area (Å²) in [5, 5.41) is 0. The standard InChI is InChI=1S/C18H21NO4S/c1-3-22-17-6-4-5-15-16(11-12-23-18(15)17)19-24(20,21)14-9-7-13(2)8-10-14/h4-10,16,19H,3,11-12H2,1-2H3. The second-order valence-corrected chi connectivity index (χ2v) is 7.45. The van der Waals surface area contributed by atoms with E-state index in [-0.39, 0.29) is 10.9 Å². The quantitative estimate of drug-likeness (QED) is 0.902. The number of ether oxygens (including phenoxy) is 2. The van der Waals surface area contributed by atoms with E-state index in [9.17, 15) is 8.42 Å². The summed E-state index contributed by atoms with van der Waals surface area (Å²) < 4.78 is 39.4. The highest BCUT2D eigenvalue weighted by atomic mass is 32.2. The zero-order valence-electron chi connectivity index (χ0n) is 13.8. The summed E-state index contributed by atoms with van der Waals surface area (Å²) in [5.41, 5.74) is 1.83. The Morgan fingerprint density at radius 1 is 1.21 bits per heavy atom. The molecule has 2 aromatic carbocycles. The van der Waals surface area contributed by atoms with Crippen LogP contribution in [0.1, 0.15) is 30.5 Å². The van der Waals surface area contributed by atoms with Gasteiger partial charge in [0.15, 0.2) is 11.5 Å². The van der Waals surface area contributed by atoms with Crippen molar-refractivity contribution in [3.05, 3.63) is 53.6 Å². The van der Waals surface area contributed by atoms with Crippen LogP contribution in [0, 0.1) is 6.92 Å². The Morgan fingerprint density at radius 3 is 2.67 bits per heavy atom. The van der Waals surface area contributed by atoms with E-state index in [1.54, 1.807) is 24.3 Å². The van der Waals surface area contributed by atoms with Crippen LogP contribution >= 0.6 is 0 Å². The molecule has 1 heterocycles. The van der Waals surface area contributed by atoms with Gasteiger partial charge in [-0.05, 0) is 32.0 Å². The number of hydrogen-bond acceptors (Lipinski definition) is 4. The van der Waals surface area contributed by atoms with E-state index < -0.39 is 10.0 Å². The molecule has 5 nitrogen and oxygen atoms in total. The molecule has 1 unspecified atom stereocenters. The molecule has 3 rings (SSSR count). The summed E-state index contributed by atoms with van der Waals surface area (Å²) in [7, 11) is -3.59. The van der Waals surface area contributed by atoms with Crippen LogP contribution in [0.2, 0.25) is 0 Å². The van der Waals surface area contributed by atoms with Gasteiger partial charge in [0.2, 0.25) is 10.0 Å². The van der Waals surface area contributed by atoms with Gasteiger partial charge in [-0.15, -0.1) is 0 Å². The van der Waals surface area contributed by atoms with Gasteiger partial charge < -0.3 is 9.47 Å². The molecule has 0 bridgehead atoms. The molecule has 2 aromatic rings. The SMILES string of the molecule is CCOc1cccc2c1OCCC2NS(=O)(=O)c1ccc(C)cc1. The molecular weight excluding hydrogens is 326 g/mol. The molecule has 0 spiro atoms. The van der Waals surface area contributed by atoms with Crippen LogP contribution in [-0.2, 0) is 10.0 Å². The molecule has 0 amide bonds. The molecule has 1 aliphatic heterocycles. The fourth-order valence-electron chi connectivity index (χ4n) is 2.76. The first kappa shape index (κ1) is 16.8. The zero-order chi connectivity index (χ0) is 17.2. The maximum Gasteiger partial charge on any atom is 0.241 e. The predicted octanol–water partition coefficient (Wildman–Crippen LogP) is 3.20. The van der Waals surface area contributed by atoms with Crippen molar-refractivity contribution in [2.75, 3.05) is 13.2 Å². The highest BCUT2D eigenvalue weighted by molar-refractivity contribution is 7.89. The summed E-state index contributed by atoms with van der Waals surface area (Å²) in [4.78, 5) is 0.266. The monoisotopic (exact) mass is 347 g/mol. The van der Waals surface area contributed by atoms with Crippen molar-refractivity contribution in [3.8, 4) is 11.5 Å². The summed E-state index contributed by atoms with van der Waals surface area (Å²) in [6, 6.07) is 12.0. The third kappa shape index (κ3) is 3.39. The van der Waals surface area contributed by atoms with Crippen LogP contribution in [0.3, 0.4) is 0 Å². The molecule has 0 saturated heterocycles. The predicted molar refractivity (Wildman–Crippen MR) is 92.0 cm³/mol.